The highest BCUT2D eigenvalue weighted by Crippen LogP contribution is 2.70. The predicted octanol–water partition coefficient (Wildman–Crippen LogP) is 6.40. The van der Waals surface area contributed by atoms with E-state index in [4.69, 9.17) is 4.74 Å². The summed E-state index contributed by atoms with van der Waals surface area (Å²) in [6.45, 7) is 0. The van der Waals surface area contributed by atoms with Crippen LogP contribution in [0.5, 0.6) is 5.75 Å². The van der Waals surface area contributed by atoms with Crippen LogP contribution in [0, 0.1) is 0 Å². The second kappa shape index (κ2) is 8.01. The fourth-order valence-corrected chi connectivity index (χ4v) is 5.11. The molecule has 5 rings (SSSR count). The molecule has 4 aromatic carbocycles. The van der Waals surface area contributed by atoms with Crippen LogP contribution < -0.4 is 4.74 Å². The lowest BCUT2D eigenvalue weighted by atomic mass is 9.80. The fraction of sp³-hybridized carbons (Fsp3) is 0.138. The third-order valence-electron chi connectivity index (χ3n) is 6.68. The Bertz CT molecular complexity index is 1150. The monoisotopic (exact) mass is 419 g/mol. The van der Waals surface area contributed by atoms with Crippen LogP contribution in [0.3, 0.4) is 0 Å². The molecule has 1 unspecified atom stereocenters. The lowest BCUT2D eigenvalue weighted by Crippen LogP contribution is -2.44. The van der Waals surface area contributed by atoms with Crippen molar-refractivity contribution < 1.29 is 9.53 Å². The van der Waals surface area contributed by atoms with E-state index in [0.717, 1.165) is 12.0 Å². The molecule has 1 saturated carbocycles. The first-order valence-corrected chi connectivity index (χ1v) is 10.9. The molecule has 1 aliphatic carbocycles. The van der Waals surface area contributed by atoms with Crippen molar-refractivity contribution in [3.63, 3.8) is 0 Å². The van der Waals surface area contributed by atoms with Gasteiger partial charge in [0.1, 0.15) is 5.75 Å². The van der Waals surface area contributed by atoms with E-state index in [1.54, 1.807) is 17.0 Å². The molecule has 1 amide bonds. The predicted molar refractivity (Wildman–Crippen MR) is 127 cm³/mol. The van der Waals surface area contributed by atoms with Gasteiger partial charge in [0.15, 0.2) is 0 Å². The van der Waals surface area contributed by atoms with E-state index < -0.39 is 5.54 Å². The molecular weight excluding hydrogens is 394 g/mol. The second-order valence-corrected chi connectivity index (χ2v) is 8.28. The van der Waals surface area contributed by atoms with Crippen LogP contribution >= 0.6 is 0 Å². The molecule has 3 heteroatoms. The quantitative estimate of drug-likeness (QED) is 0.374. The van der Waals surface area contributed by atoms with Crippen molar-refractivity contribution in [1.29, 1.82) is 0 Å². The summed E-state index contributed by atoms with van der Waals surface area (Å²) in [4.78, 5) is 15.2. The summed E-state index contributed by atoms with van der Waals surface area (Å²) in [6, 6.07) is 40.5. The van der Waals surface area contributed by atoms with Crippen LogP contribution in [-0.4, -0.2) is 18.0 Å². The van der Waals surface area contributed by atoms with E-state index in [-0.39, 0.29) is 11.5 Å². The van der Waals surface area contributed by atoms with Crippen LogP contribution in [0.4, 0.5) is 4.79 Å². The average Bonchev–Trinajstić information content (AvgIpc) is 3.58. The minimum Gasteiger partial charge on any atom is -0.410 e. The lowest BCUT2D eigenvalue weighted by Gasteiger charge is -2.34. The van der Waals surface area contributed by atoms with Crippen LogP contribution in [0.25, 0.3) is 0 Å². The number of para-hydroxylation sites is 1. The van der Waals surface area contributed by atoms with Crippen molar-refractivity contribution in [3.8, 4) is 5.75 Å². The Balaban J connectivity index is 1.66. The maximum Gasteiger partial charge on any atom is 0.415 e. The first-order chi connectivity index (χ1) is 15.7. The number of rotatable bonds is 5. The standard InChI is InChI=1S/C29H25NO2/c1-30(27(31)32-26-20-12-5-13-21-26)29(25-18-10-4-11-19-25)22-28(29,23-14-6-2-7-15-23)24-16-8-3-9-17-24/h2-21H,22H2,1H3. The Labute approximate surface area is 188 Å². The highest BCUT2D eigenvalue weighted by atomic mass is 16.6. The van der Waals surface area contributed by atoms with Gasteiger partial charge in [-0.1, -0.05) is 109 Å². The Morgan fingerprint density at radius 1 is 0.656 bits per heavy atom. The summed E-state index contributed by atoms with van der Waals surface area (Å²) in [6.07, 6.45) is 0.409. The highest BCUT2D eigenvalue weighted by molar-refractivity contribution is 5.75. The van der Waals surface area contributed by atoms with Gasteiger partial charge in [-0.3, -0.25) is 4.90 Å². The Kier molecular flexibility index (Phi) is 5.02. The van der Waals surface area contributed by atoms with Crippen LogP contribution in [0.2, 0.25) is 0 Å². The number of nitrogens with zero attached hydrogens (tertiary/aromatic N) is 1. The third kappa shape index (κ3) is 3.09. The number of likely N-dealkylation sites (N-methyl/N-ethyl adjacent to an activating group) is 1. The summed E-state index contributed by atoms with van der Waals surface area (Å²) in [5.74, 6) is 0.540. The molecule has 0 saturated heterocycles. The SMILES string of the molecule is CN(C(=O)Oc1ccccc1)C1(c2ccccc2)CC1(c1ccccc1)c1ccccc1. The minimum absolute atomic E-state index is 0.367. The van der Waals surface area contributed by atoms with E-state index in [0.29, 0.717) is 5.75 Å². The van der Waals surface area contributed by atoms with Crippen LogP contribution in [-0.2, 0) is 11.0 Å². The molecule has 3 nitrogen and oxygen atoms in total. The molecule has 1 atom stereocenters. The van der Waals surface area contributed by atoms with Crippen LogP contribution in [0.1, 0.15) is 23.1 Å². The smallest absolute Gasteiger partial charge is 0.410 e. The van der Waals surface area contributed by atoms with Crippen molar-refractivity contribution in [2.45, 2.75) is 17.4 Å². The molecule has 0 aromatic heterocycles. The first kappa shape index (κ1) is 20.1. The molecule has 1 aliphatic rings. The van der Waals surface area contributed by atoms with Gasteiger partial charge in [0.05, 0.1) is 11.0 Å². The van der Waals surface area contributed by atoms with Crippen molar-refractivity contribution in [2.75, 3.05) is 7.05 Å². The number of amides is 1. The maximum atomic E-state index is 13.4. The zero-order valence-corrected chi connectivity index (χ0v) is 18.0. The zero-order chi connectivity index (χ0) is 22.0. The lowest BCUT2D eigenvalue weighted by molar-refractivity contribution is 0.133. The number of carbonyl (C=O) groups excluding carboxylic acids is 1. The second-order valence-electron chi connectivity index (χ2n) is 8.28. The van der Waals surface area contributed by atoms with Gasteiger partial charge in [-0.25, -0.2) is 4.79 Å². The topological polar surface area (TPSA) is 29.5 Å². The van der Waals surface area contributed by atoms with Gasteiger partial charge in [-0.15, -0.1) is 0 Å². The Morgan fingerprint density at radius 2 is 1.06 bits per heavy atom. The molecule has 0 N–H and O–H groups in total. The summed E-state index contributed by atoms with van der Waals surface area (Å²) in [5, 5.41) is 0. The largest absolute Gasteiger partial charge is 0.415 e. The van der Waals surface area contributed by atoms with Gasteiger partial charge < -0.3 is 4.74 Å². The van der Waals surface area contributed by atoms with Gasteiger partial charge in [0.2, 0.25) is 0 Å². The number of ether oxygens (including phenoxy) is 1. The minimum atomic E-state index is -0.567. The Hall–Kier alpha value is -3.85. The molecule has 1 fully saturated rings. The van der Waals surface area contributed by atoms with Crippen molar-refractivity contribution in [3.05, 3.63) is 138 Å². The van der Waals surface area contributed by atoms with E-state index in [1.807, 2.05) is 55.6 Å². The molecule has 32 heavy (non-hydrogen) atoms. The van der Waals surface area contributed by atoms with Crippen molar-refractivity contribution >= 4 is 6.09 Å². The molecule has 4 aromatic rings. The Morgan fingerprint density at radius 3 is 1.53 bits per heavy atom. The number of carbonyl (C=O) groups is 1. The van der Waals surface area contributed by atoms with Crippen LogP contribution in [0.15, 0.2) is 121 Å². The van der Waals surface area contributed by atoms with Gasteiger partial charge in [0, 0.05) is 7.05 Å². The number of hydrogen-bond acceptors (Lipinski definition) is 2. The number of benzene rings is 4. The third-order valence-corrected chi connectivity index (χ3v) is 6.68. The molecular formula is C29H25NO2. The average molecular weight is 420 g/mol. The zero-order valence-electron chi connectivity index (χ0n) is 18.0. The highest BCUT2D eigenvalue weighted by Gasteiger charge is 2.73. The van der Waals surface area contributed by atoms with Crippen molar-refractivity contribution in [1.82, 2.24) is 4.90 Å². The molecule has 0 aliphatic heterocycles. The number of hydrogen-bond donors (Lipinski definition) is 0. The summed E-state index contributed by atoms with van der Waals surface area (Å²) in [7, 11) is 1.85. The fourth-order valence-electron chi connectivity index (χ4n) is 5.11. The summed E-state index contributed by atoms with van der Waals surface area (Å²) < 4.78 is 5.78. The van der Waals surface area contributed by atoms with E-state index in [9.17, 15) is 4.79 Å². The van der Waals surface area contributed by atoms with E-state index >= 15 is 0 Å². The van der Waals surface area contributed by atoms with Gasteiger partial charge in [-0.05, 0) is 35.2 Å². The molecule has 0 spiro atoms. The molecule has 0 radical (unpaired) electrons. The van der Waals surface area contributed by atoms with Gasteiger partial charge >= 0.3 is 6.09 Å². The van der Waals surface area contributed by atoms with Gasteiger partial charge in [0.25, 0.3) is 0 Å². The maximum absolute atomic E-state index is 13.4. The summed E-state index contributed by atoms with van der Waals surface area (Å²) >= 11 is 0. The molecule has 0 heterocycles. The van der Waals surface area contributed by atoms with Crippen molar-refractivity contribution in [2.24, 2.45) is 0 Å². The van der Waals surface area contributed by atoms with E-state index in [1.165, 1.54) is 11.1 Å². The molecule has 0 bridgehead atoms. The first-order valence-electron chi connectivity index (χ1n) is 10.9. The molecule has 158 valence electrons. The normalized spacial score (nSPS) is 18.5. The van der Waals surface area contributed by atoms with Gasteiger partial charge in [-0.2, -0.15) is 0 Å². The van der Waals surface area contributed by atoms with E-state index in [2.05, 4.69) is 60.7 Å². The summed E-state index contributed by atoms with van der Waals surface area (Å²) in [5.41, 5.74) is 2.54.